The van der Waals surface area contributed by atoms with Crippen molar-refractivity contribution >= 4 is 35.1 Å². The summed E-state index contributed by atoms with van der Waals surface area (Å²) in [5.74, 6) is -0.380. The van der Waals surface area contributed by atoms with Crippen molar-refractivity contribution in [1.29, 1.82) is 0 Å². The van der Waals surface area contributed by atoms with Crippen molar-refractivity contribution in [3.63, 3.8) is 0 Å². The van der Waals surface area contributed by atoms with Gasteiger partial charge >= 0.3 is 5.97 Å². The van der Waals surface area contributed by atoms with E-state index in [1.807, 2.05) is 19.1 Å². The highest BCUT2D eigenvalue weighted by atomic mass is 32.2. The summed E-state index contributed by atoms with van der Waals surface area (Å²) in [7, 11) is 0. The Morgan fingerprint density at radius 1 is 1.04 bits per heavy atom. The van der Waals surface area contributed by atoms with Crippen LogP contribution in [-0.4, -0.2) is 29.5 Å². The van der Waals surface area contributed by atoms with E-state index in [4.69, 9.17) is 4.74 Å². The van der Waals surface area contributed by atoms with E-state index in [0.29, 0.717) is 16.8 Å². The molecule has 26 heavy (non-hydrogen) atoms. The lowest BCUT2D eigenvalue weighted by atomic mass is 10.1. The van der Waals surface area contributed by atoms with Gasteiger partial charge in [0, 0.05) is 10.5 Å². The van der Waals surface area contributed by atoms with Crippen LogP contribution in [0, 0.1) is 0 Å². The van der Waals surface area contributed by atoms with Crippen LogP contribution in [0.1, 0.15) is 41.5 Å². The fourth-order valence-electron chi connectivity index (χ4n) is 2.33. The number of nitrogens with one attached hydrogen (secondary N) is 1. The Balaban J connectivity index is 2.08. The zero-order valence-electron chi connectivity index (χ0n) is 14.9. The molecule has 0 heterocycles. The van der Waals surface area contributed by atoms with Crippen molar-refractivity contribution in [3.05, 3.63) is 59.7 Å². The number of rotatable bonds is 7. The van der Waals surface area contributed by atoms with Gasteiger partial charge in [-0.05, 0) is 43.9 Å². The lowest BCUT2D eigenvalue weighted by Gasteiger charge is -2.16. The topological polar surface area (TPSA) is 72.5 Å². The molecule has 0 aliphatic rings. The summed E-state index contributed by atoms with van der Waals surface area (Å²) in [6, 6.07) is 13.8. The first-order valence-corrected chi connectivity index (χ1v) is 9.26. The van der Waals surface area contributed by atoms with E-state index in [-0.39, 0.29) is 5.78 Å². The molecule has 0 saturated carbocycles. The summed E-state index contributed by atoms with van der Waals surface area (Å²) >= 11 is 1.53. The number of carbonyl (C=O) groups is 3. The van der Waals surface area contributed by atoms with Crippen molar-refractivity contribution < 1.29 is 19.1 Å². The molecule has 0 radical (unpaired) electrons. The predicted octanol–water partition coefficient (Wildman–Crippen LogP) is 4.19. The molecule has 2 aromatic rings. The third-order valence-electron chi connectivity index (χ3n) is 3.62. The van der Waals surface area contributed by atoms with Crippen LogP contribution in [0.25, 0.3) is 0 Å². The number of hydrogen-bond acceptors (Lipinski definition) is 5. The highest BCUT2D eigenvalue weighted by molar-refractivity contribution is 7.99. The van der Waals surface area contributed by atoms with E-state index in [9.17, 15) is 14.4 Å². The fraction of sp³-hybridized carbons (Fsp3) is 0.250. The zero-order valence-corrected chi connectivity index (χ0v) is 15.8. The minimum atomic E-state index is -0.998. The number of hydrogen-bond donors (Lipinski definition) is 1. The highest BCUT2D eigenvalue weighted by Gasteiger charge is 2.21. The minimum absolute atomic E-state index is 0.156. The number of carbonyl (C=O) groups excluding carboxylic acids is 3. The molecule has 0 aliphatic heterocycles. The Bertz CT molecular complexity index is 819. The lowest BCUT2D eigenvalue weighted by Crippen LogP contribution is -2.30. The van der Waals surface area contributed by atoms with E-state index >= 15 is 0 Å². The van der Waals surface area contributed by atoms with E-state index in [1.54, 1.807) is 36.4 Å². The van der Waals surface area contributed by atoms with Gasteiger partial charge in [-0.2, -0.15) is 0 Å². The molecule has 0 aromatic heterocycles. The molecule has 0 bridgehead atoms. The van der Waals surface area contributed by atoms with Crippen LogP contribution in [0.3, 0.4) is 0 Å². The zero-order chi connectivity index (χ0) is 19.1. The third-order valence-corrected chi connectivity index (χ3v) is 4.58. The number of benzene rings is 2. The van der Waals surface area contributed by atoms with Gasteiger partial charge in [-0.15, -0.1) is 11.8 Å². The van der Waals surface area contributed by atoms with Gasteiger partial charge in [-0.25, -0.2) is 4.79 Å². The maximum absolute atomic E-state index is 12.4. The molecule has 2 aromatic carbocycles. The molecular weight excluding hydrogens is 350 g/mol. The fourth-order valence-corrected chi connectivity index (χ4v) is 3.12. The molecule has 136 valence electrons. The van der Waals surface area contributed by atoms with E-state index < -0.39 is 18.0 Å². The summed E-state index contributed by atoms with van der Waals surface area (Å²) in [5, 5.41) is 2.65. The molecule has 0 unspecified atom stereocenters. The van der Waals surface area contributed by atoms with Crippen molar-refractivity contribution in [2.45, 2.75) is 31.8 Å². The van der Waals surface area contributed by atoms with Crippen LogP contribution in [0.15, 0.2) is 53.4 Å². The van der Waals surface area contributed by atoms with Gasteiger partial charge in [-0.1, -0.05) is 31.2 Å². The van der Waals surface area contributed by atoms with Crippen molar-refractivity contribution in [2.75, 3.05) is 11.1 Å². The SMILES string of the molecule is CCSc1ccccc1C(=O)O[C@@H](C)C(=O)Nc1ccccc1C(C)=O. The molecule has 2 rings (SSSR count). The number of amides is 1. The standard InChI is InChI=1S/C20H21NO4S/c1-4-26-18-12-8-6-10-16(18)20(24)25-14(3)19(23)21-17-11-7-5-9-15(17)13(2)22/h5-12,14H,4H2,1-3H3,(H,21,23)/t14-/m0/s1. The van der Waals surface area contributed by atoms with Crippen molar-refractivity contribution in [2.24, 2.45) is 0 Å². The maximum atomic E-state index is 12.4. The number of ether oxygens (including phenoxy) is 1. The third kappa shape index (κ3) is 4.95. The van der Waals surface area contributed by atoms with Crippen molar-refractivity contribution in [1.82, 2.24) is 0 Å². The lowest BCUT2D eigenvalue weighted by molar-refractivity contribution is -0.123. The summed E-state index contributed by atoms with van der Waals surface area (Å²) < 4.78 is 5.31. The Labute approximate surface area is 157 Å². The molecule has 0 spiro atoms. The Kier molecular flexibility index (Phi) is 6.97. The van der Waals surface area contributed by atoms with Gasteiger partial charge in [0.2, 0.25) is 0 Å². The number of Topliss-reactive ketones (excluding diaryl/α,β-unsaturated/α-hetero) is 1. The van der Waals surface area contributed by atoms with Crippen LogP contribution in [0.2, 0.25) is 0 Å². The quantitative estimate of drug-likeness (QED) is 0.449. The molecule has 5 nitrogen and oxygen atoms in total. The molecule has 0 aliphatic carbocycles. The number of para-hydroxylation sites is 1. The van der Waals surface area contributed by atoms with Gasteiger partial charge in [0.1, 0.15) is 0 Å². The summed E-state index contributed by atoms with van der Waals surface area (Å²) in [4.78, 5) is 37.2. The summed E-state index contributed by atoms with van der Waals surface area (Å²) in [5.41, 5.74) is 1.24. The number of ketones is 1. The number of thioether (sulfide) groups is 1. The summed E-state index contributed by atoms with van der Waals surface area (Å²) in [6.45, 7) is 4.92. The molecule has 1 amide bonds. The Morgan fingerprint density at radius 3 is 2.31 bits per heavy atom. The number of esters is 1. The second kappa shape index (κ2) is 9.20. The van der Waals surface area contributed by atoms with Crippen LogP contribution in [0.5, 0.6) is 0 Å². The van der Waals surface area contributed by atoms with Crippen molar-refractivity contribution in [3.8, 4) is 0 Å². The molecule has 1 N–H and O–H groups in total. The van der Waals surface area contributed by atoms with Crippen LogP contribution >= 0.6 is 11.8 Å². The largest absolute Gasteiger partial charge is 0.449 e. The van der Waals surface area contributed by atoms with Gasteiger partial charge < -0.3 is 10.1 Å². The number of anilines is 1. The van der Waals surface area contributed by atoms with Crippen LogP contribution in [-0.2, 0) is 9.53 Å². The average Bonchev–Trinajstić information content (AvgIpc) is 2.62. The summed E-state index contributed by atoms with van der Waals surface area (Å²) in [6.07, 6.45) is -0.998. The normalized spacial score (nSPS) is 11.5. The first-order chi connectivity index (χ1) is 12.4. The monoisotopic (exact) mass is 371 g/mol. The van der Waals surface area contributed by atoms with Gasteiger partial charge in [0.15, 0.2) is 11.9 Å². The molecule has 1 atom stereocenters. The predicted molar refractivity (Wildman–Crippen MR) is 103 cm³/mol. The second-order valence-corrected chi connectivity index (χ2v) is 6.87. The van der Waals surface area contributed by atoms with E-state index in [2.05, 4.69) is 5.32 Å². The van der Waals surface area contributed by atoms with Crippen LogP contribution in [0.4, 0.5) is 5.69 Å². The molecule has 0 fully saturated rings. The van der Waals surface area contributed by atoms with E-state index in [0.717, 1.165) is 10.6 Å². The van der Waals surface area contributed by atoms with Gasteiger partial charge in [0.05, 0.1) is 11.3 Å². The maximum Gasteiger partial charge on any atom is 0.340 e. The van der Waals surface area contributed by atoms with Gasteiger partial charge in [-0.3, -0.25) is 9.59 Å². The average molecular weight is 371 g/mol. The smallest absolute Gasteiger partial charge is 0.340 e. The Hall–Kier alpha value is -2.60. The van der Waals surface area contributed by atoms with Gasteiger partial charge in [0.25, 0.3) is 5.91 Å². The first kappa shape index (κ1) is 19.7. The Morgan fingerprint density at radius 2 is 1.65 bits per heavy atom. The first-order valence-electron chi connectivity index (χ1n) is 8.27. The van der Waals surface area contributed by atoms with E-state index in [1.165, 1.54) is 25.6 Å². The second-order valence-electron chi connectivity index (χ2n) is 5.57. The highest BCUT2D eigenvalue weighted by Crippen LogP contribution is 2.23. The van der Waals surface area contributed by atoms with Crippen LogP contribution < -0.4 is 5.32 Å². The molecule has 0 saturated heterocycles. The molecule has 6 heteroatoms. The minimum Gasteiger partial charge on any atom is -0.449 e. The molecular formula is C20H21NO4S.